The number of carbonyl (C=O) groups is 2. The van der Waals surface area contributed by atoms with Crippen LogP contribution in [0.1, 0.15) is 5.56 Å². The molecule has 1 rings (SSSR count). The minimum atomic E-state index is -4.23. The first-order valence-corrected chi connectivity index (χ1v) is 12.0. The van der Waals surface area contributed by atoms with Gasteiger partial charge in [0, 0.05) is 17.3 Å². The molecule has 0 radical (unpaired) electrons. The van der Waals surface area contributed by atoms with E-state index in [-0.39, 0.29) is 22.2 Å². The summed E-state index contributed by atoms with van der Waals surface area (Å²) in [6.45, 7) is 0.965. The van der Waals surface area contributed by atoms with Gasteiger partial charge in [0.25, 0.3) is 0 Å². The lowest BCUT2D eigenvalue weighted by Crippen LogP contribution is -2.25. The van der Waals surface area contributed by atoms with Gasteiger partial charge in [0.15, 0.2) is 0 Å². The van der Waals surface area contributed by atoms with E-state index in [1.165, 1.54) is 12.1 Å². The third-order valence-corrected chi connectivity index (χ3v) is 9.22. The molecule has 29 heavy (non-hydrogen) atoms. The number of aliphatic hydroxyl groups is 2. The van der Waals surface area contributed by atoms with Gasteiger partial charge in [-0.3, -0.25) is 0 Å². The van der Waals surface area contributed by atoms with Gasteiger partial charge in [-0.15, -0.1) is 10.3 Å². The van der Waals surface area contributed by atoms with Gasteiger partial charge in [-0.05, 0) is 19.1 Å². The summed E-state index contributed by atoms with van der Waals surface area (Å²) >= 11 is 0. The van der Waals surface area contributed by atoms with Crippen molar-refractivity contribution in [1.29, 1.82) is 0 Å². The Morgan fingerprint density at radius 3 is 1.86 bits per heavy atom. The molecule has 0 spiro atoms. The highest BCUT2D eigenvalue weighted by molar-refractivity contribution is 8.33. The molecular formula is C18H26O9S2. The zero-order chi connectivity index (χ0) is 22.1. The van der Waals surface area contributed by atoms with E-state index >= 15 is 0 Å². The third kappa shape index (κ3) is 7.12. The number of benzene rings is 1. The number of hydrogen-bond acceptors (Lipinski definition) is 9. The van der Waals surface area contributed by atoms with Gasteiger partial charge in [-0.2, -0.15) is 8.42 Å². The second kappa shape index (κ2) is 11.3. The van der Waals surface area contributed by atoms with Crippen molar-refractivity contribution in [3.8, 4) is 0 Å². The van der Waals surface area contributed by atoms with Gasteiger partial charge in [-0.25, -0.2) is 13.2 Å². The van der Waals surface area contributed by atoms with Crippen molar-refractivity contribution in [2.45, 2.75) is 11.8 Å². The van der Waals surface area contributed by atoms with E-state index in [9.17, 15) is 28.2 Å². The minimum Gasteiger partial charge on any atom is -0.465 e. The monoisotopic (exact) mass is 450 g/mol. The zero-order valence-electron chi connectivity index (χ0n) is 16.5. The highest BCUT2D eigenvalue weighted by Crippen LogP contribution is 2.51. The van der Waals surface area contributed by atoms with Crippen LogP contribution in [0.5, 0.6) is 0 Å². The Kier molecular flexibility index (Phi) is 9.80. The average Bonchev–Trinajstić information content (AvgIpc) is 2.68. The molecule has 164 valence electrons. The topological polar surface area (TPSA) is 136 Å². The molecule has 1 aromatic rings. The van der Waals surface area contributed by atoms with E-state index in [1.807, 2.05) is 0 Å². The van der Waals surface area contributed by atoms with E-state index in [0.29, 0.717) is 0 Å². The van der Waals surface area contributed by atoms with Crippen molar-refractivity contribution >= 4 is 32.4 Å². The third-order valence-electron chi connectivity index (χ3n) is 3.87. The van der Waals surface area contributed by atoms with E-state index in [4.69, 9.17) is 3.63 Å². The molecule has 1 aromatic carbocycles. The summed E-state index contributed by atoms with van der Waals surface area (Å²) in [5.41, 5.74) is 0.427. The Bertz CT molecular complexity index is 805. The number of esters is 2. The van der Waals surface area contributed by atoms with Crippen LogP contribution in [0.15, 0.2) is 40.8 Å². The van der Waals surface area contributed by atoms with E-state index in [0.717, 1.165) is 25.9 Å². The molecule has 0 aliphatic heterocycles. The summed E-state index contributed by atoms with van der Waals surface area (Å²) < 4.78 is 40.1. The number of methoxy groups -OCH3 is 2. The number of ether oxygens (including phenoxy) is 2. The molecular weight excluding hydrogens is 424 g/mol. The highest BCUT2D eigenvalue weighted by atomic mass is 32.3. The number of aliphatic hydroxyl groups excluding tert-OH is 2. The van der Waals surface area contributed by atoms with Crippen molar-refractivity contribution in [3.63, 3.8) is 0 Å². The Hall–Kier alpha value is -1.92. The molecule has 11 heteroatoms. The van der Waals surface area contributed by atoms with Gasteiger partial charge in [0.1, 0.15) is 5.57 Å². The molecule has 0 atom stereocenters. The van der Waals surface area contributed by atoms with Crippen LogP contribution in [-0.4, -0.2) is 75.3 Å². The zero-order valence-corrected chi connectivity index (χ0v) is 18.1. The Morgan fingerprint density at radius 2 is 1.45 bits per heavy atom. The Morgan fingerprint density at radius 1 is 0.966 bits per heavy atom. The van der Waals surface area contributed by atoms with Crippen LogP contribution in [0.3, 0.4) is 0 Å². The maximum Gasteiger partial charge on any atom is 0.344 e. The lowest BCUT2D eigenvalue weighted by atomic mass is 10.2. The molecule has 9 nitrogen and oxygen atoms in total. The van der Waals surface area contributed by atoms with Crippen molar-refractivity contribution in [3.05, 3.63) is 41.5 Å². The maximum atomic E-state index is 12.8. The lowest BCUT2D eigenvalue weighted by Gasteiger charge is -2.36. The maximum absolute atomic E-state index is 12.8. The fourth-order valence-electron chi connectivity index (χ4n) is 2.34. The van der Waals surface area contributed by atoms with Crippen molar-refractivity contribution in [1.82, 2.24) is 0 Å². The van der Waals surface area contributed by atoms with Gasteiger partial charge in [-0.1, -0.05) is 23.8 Å². The second-order valence-corrected chi connectivity index (χ2v) is 10.9. The Labute approximate surface area is 171 Å². The number of hydrogen-bond donors (Lipinski definition) is 2. The first-order chi connectivity index (χ1) is 13.6. The van der Waals surface area contributed by atoms with Gasteiger partial charge in [0.2, 0.25) is 0 Å². The SMILES string of the molecule is COC(=O)C(=CCS(CCO)(CCO)OS(=O)(=O)c1ccc(C)cc1)C(=O)OC. The van der Waals surface area contributed by atoms with Crippen molar-refractivity contribution in [2.75, 3.05) is 44.7 Å². The van der Waals surface area contributed by atoms with Gasteiger partial charge < -0.3 is 19.7 Å². The van der Waals surface area contributed by atoms with E-state index < -0.39 is 51.2 Å². The number of carbonyl (C=O) groups excluding carboxylic acids is 2. The van der Waals surface area contributed by atoms with Crippen LogP contribution in [0.25, 0.3) is 0 Å². The van der Waals surface area contributed by atoms with Crippen LogP contribution >= 0.6 is 10.3 Å². The van der Waals surface area contributed by atoms with E-state index in [1.54, 1.807) is 19.1 Å². The molecule has 0 aromatic heterocycles. The number of rotatable bonds is 11. The molecule has 2 N–H and O–H groups in total. The molecule has 0 saturated heterocycles. The summed E-state index contributed by atoms with van der Waals surface area (Å²) in [5, 5.41) is 18.9. The summed E-state index contributed by atoms with van der Waals surface area (Å²) in [4.78, 5) is 23.6. The van der Waals surface area contributed by atoms with E-state index in [2.05, 4.69) is 9.47 Å². The van der Waals surface area contributed by atoms with Crippen LogP contribution in [-0.2, 0) is 32.8 Å². The molecule has 0 fully saturated rings. The van der Waals surface area contributed by atoms with Gasteiger partial charge in [0.05, 0.1) is 32.3 Å². The molecule has 0 bridgehead atoms. The highest BCUT2D eigenvalue weighted by Gasteiger charge is 2.32. The average molecular weight is 451 g/mol. The summed E-state index contributed by atoms with van der Waals surface area (Å²) in [5.74, 6) is -2.30. The molecule has 0 unspecified atom stereocenters. The predicted molar refractivity (Wildman–Crippen MR) is 108 cm³/mol. The molecule has 0 aliphatic rings. The first-order valence-electron chi connectivity index (χ1n) is 8.52. The lowest BCUT2D eigenvalue weighted by molar-refractivity contribution is -0.144. The first kappa shape index (κ1) is 25.1. The second-order valence-electron chi connectivity index (χ2n) is 5.92. The summed E-state index contributed by atoms with van der Waals surface area (Å²) in [6.07, 6.45) is 1.16. The van der Waals surface area contributed by atoms with Crippen LogP contribution in [0, 0.1) is 6.92 Å². The normalized spacial score (nSPS) is 12.2. The quantitative estimate of drug-likeness (QED) is 0.216. The van der Waals surface area contributed by atoms with Crippen LogP contribution in [0.4, 0.5) is 0 Å². The van der Waals surface area contributed by atoms with Gasteiger partial charge >= 0.3 is 22.1 Å². The largest absolute Gasteiger partial charge is 0.465 e. The molecule has 0 amide bonds. The number of aryl methyl sites for hydroxylation is 1. The smallest absolute Gasteiger partial charge is 0.344 e. The van der Waals surface area contributed by atoms with Crippen LogP contribution in [0.2, 0.25) is 0 Å². The summed E-state index contributed by atoms with van der Waals surface area (Å²) in [7, 11) is -4.73. The van der Waals surface area contributed by atoms with Crippen molar-refractivity contribution < 1.29 is 41.3 Å². The van der Waals surface area contributed by atoms with Crippen molar-refractivity contribution in [2.24, 2.45) is 0 Å². The molecule has 0 aliphatic carbocycles. The summed E-state index contributed by atoms with van der Waals surface area (Å²) in [6, 6.07) is 5.99. The molecule has 0 heterocycles. The van der Waals surface area contributed by atoms with Crippen LogP contribution < -0.4 is 0 Å². The fraction of sp³-hybridized carbons (Fsp3) is 0.444. The predicted octanol–water partition coefficient (Wildman–Crippen LogP) is 0.677. The Balaban J connectivity index is 3.33. The fourth-order valence-corrected chi connectivity index (χ4v) is 7.08. The minimum absolute atomic E-state index is 0.0824. The standard InChI is InChI=1S/C18H26O9S2/c1-14-4-6-15(7-5-14)29(23,24)27-28(12-9-19,13-10-20)11-8-16(17(21)25-2)18(22)26-3/h4-8,19-20H,9-13H2,1-3H3. The molecule has 0 saturated carbocycles.